The third-order valence-electron chi connectivity index (χ3n) is 5.55. The predicted molar refractivity (Wildman–Crippen MR) is 116 cm³/mol. The second kappa shape index (κ2) is 9.21. The molecule has 2 aliphatic heterocycles. The summed E-state index contributed by atoms with van der Waals surface area (Å²) in [6.45, 7) is 2.02. The zero-order valence-electron chi connectivity index (χ0n) is 17.4. The Hall–Kier alpha value is -3.69. The number of amides is 3. The molecular weight excluding hydrogens is 417 g/mol. The highest BCUT2D eigenvalue weighted by molar-refractivity contribution is 5.90. The van der Waals surface area contributed by atoms with E-state index in [9.17, 15) is 18.8 Å². The Balaban J connectivity index is 1.46. The van der Waals surface area contributed by atoms with Crippen LogP contribution in [0.3, 0.4) is 0 Å². The van der Waals surface area contributed by atoms with Crippen molar-refractivity contribution in [3.63, 3.8) is 0 Å². The highest BCUT2D eigenvalue weighted by Crippen LogP contribution is 2.30. The Labute approximate surface area is 184 Å². The van der Waals surface area contributed by atoms with E-state index >= 15 is 0 Å². The molecule has 2 aromatic rings. The second-order valence-corrected chi connectivity index (χ2v) is 7.78. The van der Waals surface area contributed by atoms with E-state index in [1.165, 1.54) is 11.0 Å². The monoisotopic (exact) mass is 441 g/mol. The molecule has 0 bridgehead atoms. The molecule has 1 aromatic heterocycles. The van der Waals surface area contributed by atoms with Crippen LogP contribution in [0, 0.1) is 5.82 Å². The van der Waals surface area contributed by atoms with E-state index in [0.717, 1.165) is 5.82 Å². The van der Waals surface area contributed by atoms with Crippen LogP contribution in [0.15, 0.2) is 36.5 Å². The first kappa shape index (κ1) is 21.5. The molecule has 10 heteroatoms. The van der Waals surface area contributed by atoms with Crippen LogP contribution < -0.4 is 20.9 Å². The van der Waals surface area contributed by atoms with Gasteiger partial charge in [0.2, 0.25) is 11.8 Å². The first-order valence-electron chi connectivity index (χ1n) is 10.4. The molecule has 3 amide bonds. The van der Waals surface area contributed by atoms with Crippen LogP contribution in [-0.2, 0) is 14.3 Å². The molecule has 168 valence electrons. The van der Waals surface area contributed by atoms with Crippen LogP contribution in [0.4, 0.5) is 20.7 Å². The number of primary amides is 1. The summed E-state index contributed by atoms with van der Waals surface area (Å²) in [5.41, 5.74) is 6.48. The van der Waals surface area contributed by atoms with Crippen molar-refractivity contribution in [1.82, 2.24) is 10.3 Å². The van der Waals surface area contributed by atoms with Gasteiger partial charge in [-0.15, -0.1) is 0 Å². The Morgan fingerprint density at radius 2 is 2.09 bits per heavy atom. The lowest BCUT2D eigenvalue weighted by atomic mass is 10.1. The van der Waals surface area contributed by atoms with Crippen LogP contribution in [-0.4, -0.2) is 55.2 Å². The van der Waals surface area contributed by atoms with Crippen LogP contribution in [0.25, 0.3) is 11.1 Å². The first-order chi connectivity index (χ1) is 15.4. The van der Waals surface area contributed by atoms with Crippen molar-refractivity contribution in [2.24, 2.45) is 5.73 Å². The van der Waals surface area contributed by atoms with Gasteiger partial charge in [-0.05, 0) is 36.8 Å². The molecule has 2 fully saturated rings. The highest BCUT2D eigenvalue weighted by Gasteiger charge is 2.32. The minimum absolute atomic E-state index is 0.0207. The van der Waals surface area contributed by atoms with E-state index in [4.69, 9.17) is 10.5 Å². The van der Waals surface area contributed by atoms with E-state index in [2.05, 4.69) is 10.3 Å². The maximum atomic E-state index is 14.9. The predicted octanol–water partition coefficient (Wildman–Crippen LogP) is 1.80. The van der Waals surface area contributed by atoms with Gasteiger partial charge in [0.05, 0.1) is 12.2 Å². The molecule has 2 saturated heterocycles. The van der Waals surface area contributed by atoms with Crippen LogP contribution in [0.1, 0.15) is 19.3 Å². The van der Waals surface area contributed by atoms with Gasteiger partial charge in [0.25, 0.3) is 0 Å². The molecule has 1 aromatic carbocycles. The molecule has 0 saturated carbocycles. The van der Waals surface area contributed by atoms with E-state index in [0.29, 0.717) is 49.3 Å². The number of benzene rings is 1. The van der Waals surface area contributed by atoms with Crippen molar-refractivity contribution in [3.8, 4) is 11.1 Å². The number of ether oxygens (including phenoxy) is 1. The fourth-order valence-corrected chi connectivity index (χ4v) is 3.82. The van der Waals surface area contributed by atoms with E-state index in [1.807, 2.05) is 4.90 Å². The standard InChI is InChI=1S/C22H24FN5O4/c23-18-11-15(28-13-16(32-22(28)31)3-5-19(24)29)2-4-17(18)14-1-6-20(26-12-14)27-9-7-21(30)25-8-10-27/h1-2,4,6,11-12,16H,3,5,7-10,13H2,(H2,24,29)(H,25,30). The number of hydrogen-bond acceptors (Lipinski definition) is 6. The maximum Gasteiger partial charge on any atom is 0.414 e. The number of nitrogens with zero attached hydrogens (tertiary/aromatic N) is 3. The van der Waals surface area contributed by atoms with Crippen molar-refractivity contribution in [2.75, 3.05) is 36.0 Å². The number of rotatable bonds is 6. The van der Waals surface area contributed by atoms with Crippen LogP contribution in [0.2, 0.25) is 0 Å². The summed E-state index contributed by atoms with van der Waals surface area (Å²) in [5, 5.41) is 2.82. The SMILES string of the molecule is NC(=O)CCC1CN(c2ccc(-c3ccc(N4CCNC(=O)CC4)nc3)c(F)c2)C(=O)O1. The molecule has 32 heavy (non-hydrogen) atoms. The minimum Gasteiger partial charge on any atom is -0.444 e. The van der Waals surface area contributed by atoms with Gasteiger partial charge in [0.1, 0.15) is 17.7 Å². The number of nitrogens with two attached hydrogens (primary N) is 1. The number of pyridine rings is 1. The summed E-state index contributed by atoms with van der Waals surface area (Å²) in [6.07, 6.45) is 1.41. The van der Waals surface area contributed by atoms with Gasteiger partial charge in [-0.2, -0.15) is 0 Å². The maximum absolute atomic E-state index is 14.9. The molecule has 0 spiro atoms. The van der Waals surface area contributed by atoms with E-state index < -0.39 is 23.9 Å². The van der Waals surface area contributed by atoms with Gasteiger partial charge in [0.15, 0.2) is 0 Å². The quantitative estimate of drug-likeness (QED) is 0.706. The number of halogens is 1. The molecule has 3 N–H and O–H groups in total. The zero-order chi connectivity index (χ0) is 22.7. The largest absolute Gasteiger partial charge is 0.444 e. The summed E-state index contributed by atoms with van der Waals surface area (Å²) < 4.78 is 20.1. The molecule has 4 rings (SSSR count). The molecule has 3 heterocycles. The smallest absolute Gasteiger partial charge is 0.414 e. The number of anilines is 2. The minimum atomic E-state index is -0.580. The van der Waals surface area contributed by atoms with Crippen LogP contribution in [0.5, 0.6) is 0 Å². The van der Waals surface area contributed by atoms with E-state index in [1.54, 1.807) is 30.5 Å². The molecule has 9 nitrogen and oxygen atoms in total. The van der Waals surface area contributed by atoms with Crippen molar-refractivity contribution in [2.45, 2.75) is 25.4 Å². The number of hydrogen-bond donors (Lipinski definition) is 2. The summed E-state index contributed by atoms with van der Waals surface area (Å²) in [6, 6.07) is 8.12. The molecule has 0 aliphatic carbocycles. The number of nitrogens with one attached hydrogen (secondary N) is 1. The molecule has 0 radical (unpaired) electrons. The summed E-state index contributed by atoms with van der Waals surface area (Å²) in [4.78, 5) is 42.4. The first-order valence-corrected chi connectivity index (χ1v) is 10.4. The topological polar surface area (TPSA) is 118 Å². The van der Waals surface area contributed by atoms with Gasteiger partial charge in [-0.25, -0.2) is 14.2 Å². The van der Waals surface area contributed by atoms with Crippen LogP contribution >= 0.6 is 0 Å². The number of carbonyl (C=O) groups excluding carboxylic acids is 3. The van der Waals surface area contributed by atoms with Crippen molar-refractivity contribution in [3.05, 3.63) is 42.3 Å². The fraction of sp³-hybridized carbons (Fsp3) is 0.364. The Morgan fingerprint density at radius 1 is 1.25 bits per heavy atom. The van der Waals surface area contributed by atoms with E-state index in [-0.39, 0.29) is 18.9 Å². The lowest BCUT2D eigenvalue weighted by Gasteiger charge is -2.20. The Bertz CT molecular complexity index is 1030. The van der Waals surface area contributed by atoms with Gasteiger partial charge in [-0.3, -0.25) is 14.5 Å². The summed E-state index contributed by atoms with van der Waals surface area (Å²) in [7, 11) is 0. The lowest BCUT2D eigenvalue weighted by Crippen LogP contribution is -2.28. The lowest BCUT2D eigenvalue weighted by molar-refractivity contribution is -0.120. The number of aromatic nitrogens is 1. The second-order valence-electron chi connectivity index (χ2n) is 7.78. The van der Waals surface area contributed by atoms with Gasteiger partial charge < -0.3 is 20.7 Å². The Kier molecular flexibility index (Phi) is 6.20. The number of carbonyl (C=O) groups is 3. The normalized spacial score (nSPS) is 18.8. The van der Waals surface area contributed by atoms with Crippen molar-refractivity contribution in [1.29, 1.82) is 0 Å². The third kappa shape index (κ3) is 4.79. The molecule has 1 unspecified atom stereocenters. The fourth-order valence-electron chi connectivity index (χ4n) is 3.82. The summed E-state index contributed by atoms with van der Waals surface area (Å²) in [5.74, 6) is -0.207. The zero-order valence-corrected chi connectivity index (χ0v) is 17.4. The summed E-state index contributed by atoms with van der Waals surface area (Å²) >= 11 is 0. The molecule has 1 atom stereocenters. The molecular formula is C22H24FN5O4. The van der Waals surface area contributed by atoms with Gasteiger partial charge in [-0.1, -0.05) is 0 Å². The average Bonchev–Trinajstić information content (AvgIpc) is 3.01. The average molecular weight is 441 g/mol. The highest BCUT2D eigenvalue weighted by atomic mass is 19.1. The number of cyclic esters (lactones) is 1. The third-order valence-corrected chi connectivity index (χ3v) is 5.55. The van der Waals surface area contributed by atoms with Gasteiger partial charge in [0, 0.05) is 49.8 Å². The van der Waals surface area contributed by atoms with Crippen molar-refractivity contribution >= 4 is 29.4 Å². The molecule has 2 aliphatic rings. The van der Waals surface area contributed by atoms with Gasteiger partial charge >= 0.3 is 6.09 Å². The Morgan fingerprint density at radius 3 is 2.81 bits per heavy atom. The van der Waals surface area contributed by atoms with Crippen molar-refractivity contribution < 1.29 is 23.5 Å².